The minimum Gasteiger partial charge on any atom is -0.369 e. The van der Waals surface area contributed by atoms with Crippen LogP contribution in [0.15, 0.2) is 18.2 Å². The zero-order valence-corrected chi connectivity index (χ0v) is 11.1. The lowest BCUT2D eigenvalue weighted by Gasteiger charge is -2.21. The van der Waals surface area contributed by atoms with Crippen LogP contribution in [0.2, 0.25) is 0 Å². The van der Waals surface area contributed by atoms with Crippen LogP contribution in [-0.2, 0) is 11.3 Å². The SMILES string of the molecule is Cc1ccc(C)c(CNCC(C)(C)C(N)=O)c1. The second kappa shape index (κ2) is 5.32. The van der Waals surface area contributed by atoms with Gasteiger partial charge < -0.3 is 11.1 Å². The predicted molar refractivity (Wildman–Crippen MR) is 70.6 cm³/mol. The molecular formula is C14H22N2O. The molecule has 1 rings (SSSR count). The van der Waals surface area contributed by atoms with Crippen LogP contribution < -0.4 is 11.1 Å². The summed E-state index contributed by atoms with van der Waals surface area (Å²) in [4.78, 5) is 11.2. The number of hydrogen-bond acceptors (Lipinski definition) is 2. The Morgan fingerprint density at radius 2 is 2.00 bits per heavy atom. The maximum Gasteiger partial charge on any atom is 0.224 e. The Bertz CT molecular complexity index is 411. The van der Waals surface area contributed by atoms with Gasteiger partial charge >= 0.3 is 0 Å². The molecule has 17 heavy (non-hydrogen) atoms. The van der Waals surface area contributed by atoms with E-state index >= 15 is 0 Å². The summed E-state index contributed by atoms with van der Waals surface area (Å²) in [6.07, 6.45) is 0. The molecule has 1 amide bonds. The molecule has 0 aliphatic heterocycles. The van der Waals surface area contributed by atoms with Crippen LogP contribution in [0.25, 0.3) is 0 Å². The number of amides is 1. The molecular weight excluding hydrogens is 212 g/mol. The van der Waals surface area contributed by atoms with Crippen LogP contribution >= 0.6 is 0 Å². The van der Waals surface area contributed by atoms with Crippen LogP contribution in [0.1, 0.15) is 30.5 Å². The summed E-state index contributed by atoms with van der Waals surface area (Å²) in [5.41, 5.74) is 8.61. The molecule has 3 heteroatoms. The molecule has 0 saturated heterocycles. The fourth-order valence-corrected chi connectivity index (χ4v) is 1.59. The number of hydrogen-bond donors (Lipinski definition) is 2. The van der Waals surface area contributed by atoms with Crippen molar-refractivity contribution in [3.63, 3.8) is 0 Å². The first-order valence-electron chi connectivity index (χ1n) is 5.90. The molecule has 3 N–H and O–H groups in total. The first-order chi connectivity index (χ1) is 7.83. The molecule has 0 radical (unpaired) electrons. The van der Waals surface area contributed by atoms with Gasteiger partial charge in [-0.3, -0.25) is 4.79 Å². The molecule has 94 valence electrons. The highest BCUT2D eigenvalue weighted by molar-refractivity contribution is 5.80. The van der Waals surface area contributed by atoms with Gasteiger partial charge in [-0.15, -0.1) is 0 Å². The first-order valence-corrected chi connectivity index (χ1v) is 5.90. The van der Waals surface area contributed by atoms with E-state index in [9.17, 15) is 4.79 Å². The van der Waals surface area contributed by atoms with E-state index in [0.717, 1.165) is 6.54 Å². The standard InChI is InChI=1S/C14H22N2O/c1-10-5-6-11(2)12(7-10)8-16-9-14(3,4)13(15)17/h5-7,16H,8-9H2,1-4H3,(H2,15,17). The van der Waals surface area contributed by atoms with Gasteiger partial charge in [-0.2, -0.15) is 0 Å². The van der Waals surface area contributed by atoms with Gasteiger partial charge in [0.25, 0.3) is 0 Å². The van der Waals surface area contributed by atoms with Gasteiger partial charge in [-0.25, -0.2) is 0 Å². The number of aryl methyl sites for hydroxylation is 2. The smallest absolute Gasteiger partial charge is 0.224 e. The molecule has 0 aliphatic carbocycles. The monoisotopic (exact) mass is 234 g/mol. The highest BCUT2D eigenvalue weighted by Gasteiger charge is 2.23. The van der Waals surface area contributed by atoms with E-state index in [1.165, 1.54) is 16.7 Å². The minimum absolute atomic E-state index is 0.272. The molecule has 0 atom stereocenters. The fourth-order valence-electron chi connectivity index (χ4n) is 1.59. The zero-order valence-electron chi connectivity index (χ0n) is 11.1. The Balaban J connectivity index is 2.57. The normalized spacial score (nSPS) is 11.5. The molecule has 1 aromatic carbocycles. The molecule has 0 unspecified atom stereocenters. The Morgan fingerprint density at radius 3 is 2.59 bits per heavy atom. The lowest BCUT2D eigenvalue weighted by atomic mass is 9.92. The maximum atomic E-state index is 11.2. The first kappa shape index (κ1) is 13.7. The van der Waals surface area contributed by atoms with Gasteiger partial charge in [0, 0.05) is 13.1 Å². The average Bonchev–Trinajstić information content (AvgIpc) is 2.22. The van der Waals surface area contributed by atoms with Gasteiger partial charge in [0.2, 0.25) is 5.91 Å². The lowest BCUT2D eigenvalue weighted by molar-refractivity contribution is -0.125. The molecule has 0 saturated carbocycles. The van der Waals surface area contributed by atoms with Crippen LogP contribution in [0.5, 0.6) is 0 Å². The van der Waals surface area contributed by atoms with Gasteiger partial charge in [0.05, 0.1) is 5.41 Å². The number of rotatable bonds is 5. The topological polar surface area (TPSA) is 55.1 Å². The van der Waals surface area contributed by atoms with Gasteiger partial charge in [0.15, 0.2) is 0 Å². The van der Waals surface area contributed by atoms with Gasteiger partial charge in [-0.05, 0) is 38.8 Å². The fraction of sp³-hybridized carbons (Fsp3) is 0.500. The number of nitrogens with one attached hydrogen (secondary N) is 1. The van der Waals surface area contributed by atoms with Crippen molar-refractivity contribution in [2.45, 2.75) is 34.2 Å². The summed E-state index contributed by atoms with van der Waals surface area (Å²) < 4.78 is 0. The van der Waals surface area contributed by atoms with Crippen LogP contribution in [-0.4, -0.2) is 12.5 Å². The van der Waals surface area contributed by atoms with E-state index in [-0.39, 0.29) is 5.91 Å². The van der Waals surface area contributed by atoms with E-state index in [1.807, 2.05) is 13.8 Å². The third kappa shape index (κ3) is 3.86. The molecule has 1 aromatic rings. The van der Waals surface area contributed by atoms with Crippen molar-refractivity contribution < 1.29 is 4.79 Å². The number of benzene rings is 1. The number of carbonyl (C=O) groups excluding carboxylic acids is 1. The van der Waals surface area contributed by atoms with E-state index in [4.69, 9.17) is 5.73 Å². The van der Waals surface area contributed by atoms with Crippen molar-refractivity contribution in [2.75, 3.05) is 6.54 Å². The Kier molecular flexibility index (Phi) is 4.29. The summed E-state index contributed by atoms with van der Waals surface area (Å²) in [7, 11) is 0. The number of carbonyl (C=O) groups is 1. The number of primary amides is 1. The Labute approximate surface area is 103 Å². The molecule has 0 aromatic heterocycles. The second-order valence-electron chi connectivity index (χ2n) is 5.28. The summed E-state index contributed by atoms with van der Waals surface area (Å²) in [5, 5.41) is 3.29. The van der Waals surface area contributed by atoms with E-state index in [2.05, 4.69) is 37.4 Å². The molecule has 3 nitrogen and oxygen atoms in total. The van der Waals surface area contributed by atoms with Crippen molar-refractivity contribution in [2.24, 2.45) is 11.1 Å². The Morgan fingerprint density at radius 1 is 1.35 bits per heavy atom. The largest absolute Gasteiger partial charge is 0.369 e. The van der Waals surface area contributed by atoms with Gasteiger partial charge in [0.1, 0.15) is 0 Å². The zero-order chi connectivity index (χ0) is 13.1. The second-order valence-corrected chi connectivity index (χ2v) is 5.28. The third-order valence-electron chi connectivity index (χ3n) is 3.05. The number of nitrogens with two attached hydrogens (primary N) is 1. The molecule has 0 spiro atoms. The minimum atomic E-state index is -0.502. The Hall–Kier alpha value is -1.35. The highest BCUT2D eigenvalue weighted by atomic mass is 16.1. The predicted octanol–water partition coefficient (Wildman–Crippen LogP) is 1.90. The van der Waals surface area contributed by atoms with Crippen LogP contribution in [0.3, 0.4) is 0 Å². The van der Waals surface area contributed by atoms with Crippen molar-refractivity contribution in [1.29, 1.82) is 0 Å². The third-order valence-corrected chi connectivity index (χ3v) is 3.05. The van der Waals surface area contributed by atoms with Crippen molar-refractivity contribution >= 4 is 5.91 Å². The van der Waals surface area contributed by atoms with Crippen molar-refractivity contribution in [3.05, 3.63) is 34.9 Å². The van der Waals surface area contributed by atoms with Crippen LogP contribution in [0.4, 0.5) is 0 Å². The summed E-state index contributed by atoms with van der Waals surface area (Å²) in [6.45, 7) is 9.24. The molecule has 0 aliphatic rings. The molecule has 0 heterocycles. The van der Waals surface area contributed by atoms with E-state index < -0.39 is 5.41 Å². The lowest BCUT2D eigenvalue weighted by Crippen LogP contribution is -2.40. The molecule has 0 fully saturated rings. The van der Waals surface area contributed by atoms with Crippen LogP contribution in [0, 0.1) is 19.3 Å². The van der Waals surface area contributed by atoms with E-state index in [0.29, 0.717) is 6.54 Å². The summed E-state index contributed by atoms with van der Waals surface area (Å²) in [5.74, 6) is -0.272. The van der Waals surface area contributed by atoms with Crippen molar-refractivity contribution in [1.82, 2.24) is 5.32 Å². The quantitative estimate of drug-likeness (QED) is 0.817. The van der Waals surface area contributed by atoms with Gasteiger partial charge in [-0.1, -0.05) is 23.8 Å². The average molecular weight is 234 g/mol. The van der Waals surface area contributed by atoms with E-state index in [1.54, 1.807) is 0 Å². The molecule has 0 bridgehead atoms. The summed E-state index contributed by atoms with van der Waals surface area (Å²) in [6, 6.07) is 6.39. The summed E-state index contributed by atoms with van der Waals surface area (Å²) >= 11 is 0. The van der Waals surface area contributed by atoms with Crippen molar-refractivity contribution in [3.8, 4) is 0 Å². The maximum absolute atomic E-state index is 11.2. The highest BCUT2D eigenvalue weighted by Crippen LogP contribution is 2.14.